The number of ether oxygens (including phenoxy) is 1. The summed E-state index contributed by atoms with van der Waals surface area (Å²) in [5, 5.41) is 9.66. The molecule has 2 rings (SSSR count). The first-order valence-electron chi connectivity index (χ1n) is 7.27. The molecule has 1 aromatic carbocycles. The van der Waals surface area contributed by atoms with Crippen molar-refractivity contribution in [2.75, 3.05) is 19.1 Å². The van der Waals surface area contributed by atoms with Crippen molar-refractivity contribution in [2.24, 2.45) is 0 Å². The maximum absolute atomic E-state index is 14.3. The van der Waals surface area contributed by atoms with Crippen molar-refractivity contribution >= 4 is 23.4 Å². The zero-order valence-electron chi connectivity index (χ0n) is 13.8. The van der Waals surface area contributed by atoms with Crippen LogP contribution in [0.25, 0.3) is 11.1 Å². The number of amides is 1. The number of hydrogen-bond donors (Lipinski definition) is 1. The smallest absolute Gasteiger partial charge is 0.411 e. The summed E-state index contributed by atoms with van der Waals surface area (Å²) in [7, 11) is 2.84. The first-order chi connectivity index (χ1) is 11.3. The molecule has 0 saturated carbocycles. The topological polar surface area (TPSA) is 62.7 Å². The second kappa shape index (κ2) is 7.05. The van der Waals surface area contributed by atoms with Crippen molar-refractivity contribution in [1.82, 2.24) is 4.98 Å². The van der Waals surface area contributed by atoms with Crippen molar-refractivity contribution in [3.8, 4) is 17.0 Å². The number of halogens is 2. The van der Waals surface area contributed by atoms with Crippen LogP contribution < -0.4 is 9.64 Å². The van der Waals surface area contributed by atoms with Crippen LogP contribution in [-0.4, -0.2) is 30.3 Å². The van der Waals surface area contributed by atoms with Gasteiger partial charge in [-0.05, 0) is 30.2 Å². The summed E-state index contributed by atoms with van der Waals surface area (Å²) in [6, 6.07) is 5.70. The van der Waals surface area contributed by atoms with E-state index in [0.29, 0.717) is 22.0 Å². The lowest BCUT2D eigenvalue weighted by atomic mass is 10.0. The Hall–Kier alpha value is -2.34. The van der Waals surface area contributed by atoms with Crippen LogP contribution in [0.2, 0.25) is 5.02 Å². The molecule has 0 spiro atoms. The SMILES string of the molecule is COc1nc(C(C)C)c(N(C)C(=O)O)cc1-c1cc(Cl)ccc1F. The molecular formula is C17H18ClFN2O3. The predicted octanol–water partition coefficient (Wildman–Crippen LogP) is 4.79. The highest BCUT2D eigenvalue weighted by Crippen LogP contribution is 2.38. The third kappa shape index (κ3) is 3.43. The molecule has 1 N–H and O–H groups in total. The molecule has 128 valence electrons. The highest BCUT2D eigenvalue weighted by atomic mass is 35.5. The molecule has 0 aliphatic rings. The molecule has 0 saturated heterocycles. The van der Waals surface area contributed by atoms with Crippen LogP contribution >= 0.6 is 11.6 Å². The Labute approximate surface area is 144 Å². The number of carbonyl (C=O) groups is 1. The van der Waals surface area contributed by atoms with E-state index in [2.05, 4.69) is 4.98 Å². The zero-order valence-corrected chi connectivity index (χ0v) is 14.6. The second-order valence-corrected chi connectivity index (χ2v) is 6.01. The molecule has 5 nitrogen and oxygen atoms in total. The third-order valence-corrected chi connectivity index (χ3v) is 3.84. The maximum atomic E-state index is 14.3. The van der Waals surface area contributed by atoms with Crippen molar-refractivity contribution < 1.29 is 19.0 Å². The van der Waals surface area contributed by atoms with Crippen molar-refractivity contribution in [3.63, 3.8) is 0 Å². The van der Waals surface area contributed by atoms with Gasteiger partial charge in [0, 0.05) is 23.2 Å². The molecule has 1 heterocycles. The summed E-state index contributed by atoms with van der Waals surface area (Å²) in [6.07, 6.45) is -1.14. The average molecular weight is 353 g/mol. The minimum absolute atomic E-state index is 0.0473. The molecule has 0 atom stereocenters. The third-order valence-electron chi connectivity index (χ3n) is 3.60. The highest BCUT2D eigenvalue weighted by molar-refractivity contribution is 6.30. The van der Waals surface area contributed by atoms with Gasteiger partial charge in [0.2, 0.25) is 5.88 Å². The van der Waals surface area contributed by atoms with Crippen LogP contribution in [0, 0.1) is 5.82 Å². The fourth-order valence-corrected chi connectivity index (χ4v) is 2.52. The van der Waals surface area contributed by atoms with E-state index in [1.54, 1.807) is 6.07 Å². The number of carboxylic acid groups (broad SMARTS) is 1. The van der Waals surface area contributed by atoms with Crippen LogP contribution in [-0.2, 0) is 0 Å². The van der Waals surface area contributed by atoms with Gasteiger partial charge in [-0.3, -0.25) is 4.90 Å². The number of anilines is 1. The lowest BCUT2D eigenvalue weighted by molar-refractivity contribution is 0.203. The first kappa shape index (κ1) is 18.0. The fourth-order valence-electron chi connectivity index (χ4n) is 2.35. The van der Waals surface area contributed by atoms with Crippen molar-refractivity contribution in [1.29, 1.82) is 0 Å². The van der Waals surface area contributed by atoms with Gasteiger partial charge in [0.1, 0.15) is 5.82 Å². The Bertz CT molecular complexity index is 781. The van der Waals surface area contributed by atoms with Crippen molar-refractivity contribution in [2.45, 2.75) is 19.8 Å². The molecule has 1 amide bonds. The van der Waals surface area contributed by atoms with Crippen molar-refractivity contribution in [3.05, 3.63) is 40.8 Å². The number of methoxy groups -OCH3 is 1. The Kier molecular flexibility index (Phi) is 5.29. The molecule has 0 aliphatic carbocycles. The summed E-state index contributed by atoms with van der Waals surface area (Å²) >= 11 is 5.96. The molecular weight excluding hydrogens is 335 g/mol. The molecule has 24 heavy (non-hydrogen) atoms. The minimum Gasteiger partial charge on any atom is -0.481 e. The quantitative estimate of drug-likeness (QED) is 0.859. The van der Waals surface area contributed by atoms with E-state index in [1.165, 1.54) is 32.4 Å². The Morgan fingerprint density at radius 1 is 1.33 bits per heavy atom. The summed E-state index contributed by atoms with van der Waals surface area (Å²) < 4.78 is 19.5. The van der Waals surface area contributed by atoms with Gasteiger partial charge < -0.3 is 9.84 Å². The van der Waals surface area contributed by atoms with Gasteiger partial charge in [0.05, 0.1) is 18.5 Å². The number of rotatable bonds is 4. The lowest BCUT2D eigenvalue weighted by Gasteiger charge is -2.21. The second-order valence-electron chi connectivity index (χ2n) is 5.57. The standard InChI is InChI=1S/C17H18ClFN2O3/c1-9(2)15-14(21(3)17(22)23)8-12(16(20-15)24-4)11-7-10(18)5-6-13(11)19/h5-9H,1-4H3,(H,22,23). The summed E-state index contributed by atoms with van der Waals surface area (Å²) in [5.41, 5.74) is 1.45. The van der Waals surface area contributed by atoms with E-state index in [1.807, 2.05) is 13.8 Å². The molecule has 7 heteroatoms. The Morgan fingerprint density at radius 3 is 2.54 bits per heavy atom. The summed E-state index contributed by atoms with van der Waals surface area (Å²) in [6.45, 7) is 3.78. The van der Waals surface area contributed by atoms with Gasteiger partial charge in [-0.2, -0.15) is 0 Å². The van der Waals surface area contributed by atoms with Gasteiger partial charge in [0.15, 0.2) is 0 Å². The zero-order chi connectivity index (χ0) is 18.0. The molecule has 0 aliphatic heterocycles. The van der Waals surface area contributed by atoms with E-state index >= 15 is 0 Å². The van der Waals surface area contributed by atoms with Crippen LogP contribution in [0.1, 0.15) is 25.5 Å². The van der Waals surface area contributed by atoms with Crippen LogP contribution in [0.15, 0.2) is 24.3 Å². The number of aromatic nitrogens is 1. The van der Waals surface area contributed by atoms with Crippen LogP contribution in [0.4, 0.5) is 14.9 Å². The van der Waals surface area contributed by atoms with E-state index in [0.717, 1.165) is 4.90 Å². The largest absolute Gasteiger partial charge is 0.481 e. The molecule has 0 bridgehead atoms. The molecule has 0 fully saturated rings. The van der Waals surface area contributed by atoms with Gasteiger partial charge in [-0.1, -0.05) is 25.4 Å². The van der Waals surface area contributed by atoms with Crippen LogP contribution in [0.5, 0.6) is 5.88 Å². The van der Waals surface area contributed by atoms with E-state index in [9.17, 15) is 14.3 Å². The monoisotopic (exact) mass is 352 g/mol. The summed E-state index contributed by atoms with van der Waals surface area (Å²) in [4.78, 5) is 16.8. The van der Waals surface area contributed by atoms with E-state index < -0.39 is 11.9 Å². The Morgan fingerprint density at radius 2 is 2.00 bits per heavy atom. The normalized spacial score (nSPS) is 10.8. The molecule has 0 unspecified atom stereocenters. The first-order valence-corrected chi connectivity index (χ1v) is 7.65. The van der Waals surface area contributed by atoms with Crippen LogP contribution in [0.3, 0.4) is 0 Å². The molecule has 2 aromatic rings. The number of hydrogen-bond acceptors (Lipinski definition) is 3. The summed E-state index contributed by atoms with van der Waals surface area (Å²) in [5.74, 6) is -0.336. The highest BCUT2D eigenvalue weighted by Gasteiger charge is 2.22. The average Bonchev–Trinajstić information content (AvgIpc) is 2.54. The minimum atomic E-state index is -1.14. The number of benzene rings is 1. The van der Waals surface area contributed by atoms with E-state index in [-0.39, 0.29) is 17.4 Å². The number of nitrogens with zero attached hydrogens (tertiary/aromatic N) is 2. The number of pyridine rings is 1. The van der Waals surface area contributed by atoms with Gasteiger partial charge in [-0.15, -0.1) is 0 Å². The van der Waals surface area contributed by atoms with Gasteiger partial charge in [-0.25, -0.2) is 14.2 Å². The molecule has 0 radical (unpaired) electrons. The predicted molar refractivity (Wildman–Crippen MR) is 91.7 cm³/mol. The molecule has 1 aromatic heterocycles. The van der Waals surface area contributed by atoms with Gasteiger partial charge in [0.25, 0.3) is 0 Å². The maximum Gasteiger partial charge on any atom is 0.411 e. The van der Waals surface area contributed by atoms with E-state index in [4.69, 9.17) is 16.3 Å². The fraction of sp³-hybridized carbons (Fsp3) is 0.294. The Balaban J connectivity index is 2.78. The lowest BCUT2D eigenvalue weighted by Crippen LogP contribution is -2.26. The van der Waals surface area contributed by atoms with Gasteiger partial charge >= 0.3 is 6.09 Å².